The third-order valence-electron chi connectivity index (χ3n) is 3.21. The van der Waals surface area contributed by atoms with Gasteiger partial charge in [-0.2, -0.15) is 5.10 Å². The Morgan fingerprint density at radius 1 is 1.45 bits per heavy atom. The lowest BCUT2D eigenvalue weighted by Gasteiger charge is -2.17. The normalized spacial score (nSPS) is 12.8. The number of thiophene rings is 1. The van der Waals surface area contributed by atoms with Gasteiger partial charge in [-0.15, -0.1) is 11.3 Å². The van der Waals surface area contributed by atoms with E-state index in [1.807, 2.05) is 11.6 Å². The Morgan fingerprint density at radius 2 is 2.25 bits per heavy atom. The van der Waals surface area contributed by atoms with Crippen molar-refractivity contribution in [3.05, 3.63) is 33.0 Å². The van der Waals surface area contributed by atoms with E-state index in [9.17, 15) is 0 Å². The van der Waals surface area contributed by atoms with Gasteiger partial charge in [0.1, 0.15) is 12.2 Å². The fraction of sp³-hybridized carbons (Fsp3) is 0.571. The number of hydrogen-bond acceptors (Lipinski definition) is 4. The zero-order valence-electron chi connectivity index (χ0n) is 12.2. The van der Waals surface area contributed by atoms with Crippen LogP contribution in [0.2, 0.25) is 5.02 Å². The SMILES string of the molecule is CCCn1ncnc1CC(NCC)c1scc(C)c1Cl. The molecule has 0 amide bonds. The standard InChI is InChI=1S/C14H21ClN4S/c1-4-6-19-12(17-9-18-19)7-11(16-5-2)14-13(15)10(3)8-20-14/h8-9,11,16H,4-7H2,1-3H3. The van der Waals surface area contributed by atoms with Crippen molar-refractivity contribution in [1.29, 1.82) is 0 Å². The third-order valence-corrected chi connectivity index (χ3v) is 5.04. The van der Waals surface area contributed by atoms with Gasteiger partial charge in [0.15, 0.2) is 0 Å². The van der Waals surface area contributed by atoms with Crippen molar-refractivity contribution in [1.82, 2.24) is 20.1 Å². The topological polar surface area (TPSA) is 42.7 Å². The van der Waals surface area contributed by atoms with E-state index >= 15 is 0 Å². The van der Waals surface area contributed by atoms with Crippen LogP contribution < -0.4 is 5.32 Å². The summed E-state index contributed by atoms with van der Waals surface area (Å²) in [7, 11) is 0. The van der Waals surface area contributed by atoms with Crippen molar-refractivity contribution >= 4 is 22.9 Å². The first-order valence-electron chi connectivity index (χ1n) is 7.00. The summed E-state index contributed by atoms with van der Waals surface area (Å²) in [6, 6.07) is 0.200. The number of nitrogens with zero attached hydrogens (tertiary/aromatic N) is 3. The summed E-state index contributed by atoms with van der Waals surface area (Å²) < 4.78 is 1.98. The summed E-state index contributed by atoms with van der Waals surface area (Å²) in [5, 5.41) is 10.8. The van der Waals surface area contributed by atoms with Gasteiger partial charge >= 0.3 is 0 Å². The van der Waals surface area contributed by atoms with Crippen LogP contribution in [0.15, 0.2) is 11.7 Å². The third kappa shape index (κ3) is 3.40. The first-order valence-corrected chi connectivity index (χ1v) is 8.26. The summed E-state index contributed by atoms with van der Waals surface area (Å²) >= 11 is 8.12. The van der Waals surface area contributed by atoms with Gasteiger partial charge in [-0.3, -0.25) is 4.68 Å². The average Bonchev–Trinajstić information content (AvgIpc) is 2.99. The molecule has 4 nitrogen and oxygen atoms in total. The van der Waals surface area contributed by atoms with Crippen molar-refractivity contribution < 1.29 is 0 Å². The maximum absolute atomic E-state index is 6.41. The molecule has 0 aromatic carbocycles. The summed E-state index contributed by atoms with van der Waals surface area (Å²) in [5.41, 5.74) is 1.14. The number of aryl methyl sites for hydroxylation is 2. The Labute approximate surface area is 129 Å². The number of aromatic nitrogens is 3. The molecule has 0 saturated carbocycles. The van der Waals surface area contributed by atoms with Crippen LogP contribution in [-0.4, -0.2) is 21.3 Å². The monoisotopic (exact) mass is 312 g/mol. The Morgan fingerprint density at radius 3 is 2.85 bits per heavy atom. The Kier molecular flexibility index (Phi) is 5.57. The number of hydrogen-bond donors (Lipinski definition) is 1. The largest absolute Gasteiger partial charge is 0.309 e. The number of rotatable bonds is 7. The second-order valence-electron chi connectivity index (χ2n) is 4.81. The highest BCUT2D eigenvalue weighted by Gasteiger charge is 2.20. The van der Waals surface area contributed by atoms with E-state index in [2.05, 4.69) is 34.6 Å². The van der Waals surface area contributed by atoms with E-state index in [1.54, 1.807) is 17.7 Å². The number of likely N-dealkylation sites (N-methyl/N-ethyl adjacent to an activating group) is 1. The van der Waals surface area contributed by atoms with Crippen molar-refractivity contribution in [3.63, 3.8) is 0 Å². The van der Waals surface area contributed by atoms with Gasteiger partial charge in [-0.25, -0.2) is 4.98 Å². The van der Waals surface area contributed by atoms with Crippen molar-refractivity contribution in [2.24, 2.45) is 0 Å². The number of halogens is 1. The van der Waals surface area contributed by atoms with Gasteiger partial charge in [-0.1, -0.05) is 25.4 Å². The molecule has 2 rings (SSSR count). The minimum absolute atomic E-state index is 0.200. The molecule has 0 aliphatic rings. The van der Waals surface area contributed by atoms with Gasteiger partial charge in [0.25, 0.3) is 0 Å². The zero-order valence-corrected chi connectivity index (χ0v) is 13.8. The van der Waals surface area contributed by atoms with Crippen molar-refractivity contribution in [2.75, 3.05) is 6.54 Å². The average molecular weight is 313 g/mol. The lowest BCUT2D eigenvalue weighted by atomic mass is 10.1. The highest BCUT2D eigenvalue weighted by Crippen LogP contribution is 2.33. The second kappa shape index (κ2) is 7.20. The van der Waals surface area contributed by atoms with Gasteiger partial charge in [0.05, 0.1) is 11.1 Å². The second-order valence-corrected chi connectivity index (χ2v) is 6.10. The van der Waals surface area contributed by atoms with Gasteiger partial charge < -0.3 is 5.32 Å². The zero-order chi connectivity index (χ0) is 14.5. The molecule has 0 fully saturated rings. The molecule has 0 bridgehead atoms. The fourth-order valence-electron chi connectivity index (χ4n) is 2.22. The first-order chi connectivity index (χ1) is 9.67. The summed E-state index contributed by atoms with van der Waals surface area (Å²) in [4.78, 5) is 5.58. The molecule has 0 radical (unpaired) electrons. The first kappa shape index (κ1) is 15.5. The molecule has 20 heavy (non-hydrogen) atoms. The molecule has 1 unspecified atom stereocenters. The Bertz CT molecular complexity index is 549. The number of nitrogens with one attached hydrogen (secondary N) is 1. The quantitative estimate of drug-likeness (QED) is 0.849. The highest BCUT2D eigenvalue weighted by atomic mass is 35.5. The summed E-state index contributed by atoms with van der Waals surface area (Å²) in [5.74, 6) is 1.01. The summed E-state index contributed by atoms with van der Waals surface area (Å²) in [6.45, 7) is 8.11. The van der Waals surface area contributed by atoms with E-state index in [0.717, 1.165) is 42.3 Å². The predicted molar refractivity (Wildman–Crippen MR) is 84.5 cm³/mol. The molecule has 2 aromatic heterocycles. The van der Waals surface area contributed by atoms with Gasteiger partial charge in [0, 0.05) is 17.8 Å². The van der Waals surface area contributed by atoms with Crippen LogP contribution in [0.1, 0.15) is 42.6 Å². The maximum atomic E-state index is 6.41. The molecule has 6 heteroatoms. The van der Waals surface area contributed by atoms with E-state index in [-0.39, 0.29) is 6.04 Å². The van der Waals surface area contributed by atoms with E-state index in [1.165, 1.54) is 4.88 Å². The molecule has 110 valence electrons. The maximum Gasteiger partial charge on any atom is 0.138 e. The van der Waals surface area contributed by atoms with E-state index < -0.39 is 0 Å². The van der Waals surface area contributed by atoms with Crippen LogP contribution in [0.4, 0.5) is 0 Å². The van der Waals surface area contributed by atoms with Gasteiger partial charge in [-0.05, 0) is 30.8 Å². The molecule has 2 heterocycles. The lowest BCUT2D eigenvalue weighted by molar-refractivity contribution is 0.503. The molecule has 1 atom stereocenters. The molecule has 1 N–H and O–H groups in total. The van der Waals surface area contributed by atoms with Crippen LogP contribution in [0.3, 0.4) is 0 Å². The minimum atomic E-state index is 0.200. The fourth-order valence-corrected chi connectivity index (χ4v) is 3.62. The molecular formula is C14H21ClN4S. The molecule has 0 aliphatic heterocycles. The molecule has 0 spiro atoms. The smallest absolute Gasteiger partial charge is 0.138 e. The van der Waals surface area contributed by atoms with Gasteiger partial charge in [0.2, 0.25) is 0 Å². The van der Waals surface area contributed by atoms with Crippen LogP contribution in [0, 0.1) is 6.92 Å². The molecular weight excluding hydrogens is 292 g/mol. The van der Waals surface area contributed by atoms with Crippen molar-refractivity contribution in [3.8, 4) is 0 Å². The van der Waals surface area contributed by atoms with E-state index in [4.69, 9.17) is 11.6 Å². The summed E-state index contributed by atoms with van der Waals surface area (Å²) in [6.07, 6.45) is 3.50. The predicted octanol–water partition coefficient (Wildman–Crippen LogP) is 3.60. The van der Waals surface area contributed by atoms with Crippen molar-refractivity contribution in [2.45, 2.75) is 46.2 Å². The van der Waals surface area contributed by atoms with Crippen LogP contribution in [0.25, 0.3) is 0 Å². The van der Waals surface area contributed by atoms with Crippen LogP contribution in [-0.2, 0) is 13.0 Å². The lowest BCUT2D eigenvalue weighted by Crippen LogP contribution is -2.24. The molecule has 0 aliphatic carbocycles. The molecule has 0 saturated heterocycles. The highest BCUT2D eigenvalue weighted by molar-refractivity contribution is 7.10. The Hall–Kier alpha value is -0.910. The van der Waals surface area contributed by atoms with Crippen LogP contribution in [0.5, 0.6) is 0 Å². The Balaban J connectivity index is 2.21. The molecule has 2 aromatic rings. The minimum Gasteiger partial charge on any atom is -0.309 e. The van der Waals surface area contributed by atoms with Crippen LogP contribution >= 0.6 is 22.9 Å². The van der Waals surface area contributed by atoms with E-state index in [0.29, 0.717) is 0 Å².